The second kappa shape index (κ2) is 10.7. The molecule has 0 spiro atoms. The van der Waals surface area contributed by atoms with E-state index in [9.17, 15) is 27.0 Å². The topological polar surface area (TPSA) is 75.3 Å². The van der Waals surface area contributed by atoms with Crippen LogP contribution >= 0.6 is 11.6 Å². The third-order valence-electron chi connectivity index (χ3n) is 5.30. The Morgan fingerprint density at radius 3 is 2.47 bits per heavy atom. The minimum Gasteiger partial charge on any atom is -0.350 e. The summed E-state index contributed by atoms with van der Waals surface area (Å²) in [5.41, 5.74) is 2.04. The number of amides is 2. The van der Waals surface area contributed by atoms with E-state index in [0.29, 0.717) is 33.8 Å². The molecular weight excluding hydrogens is 489 g/mol. The van der Waals surface area contributed by atoms with Gasteiger partial charge in [-0.2, -0.15) is 13.2 Å². The van der Waals surface area contributed by atoms with Gasteiger partial charge >= 0.3 is 6.18 Å². The van der Waals surface area contributed by atoms with Gasteiger partial charge in [0.25, 0.3) is 5.91 Å². The van der Waals surface area contributed by atoms with Gasteiger partial charge in [0, 0.05) is 32.9 Å². The Hall–Kier alpha value is -2.65. The Labute approximate surface area is 203 Å². The van der Waals surface area contributed by atoms with Crippen LogP contribution in [-0.4, -0.2) is 46.3 Å². The van der Waals surface area contributed by atoms with Crippen molar-refractivity contribution in [2.45, 2.75) is 32.0 Å². The highest BCUT2D eigenvalue weighted by Gasteiger charge is 2.39. The molecule has 2 amide bonds. The van der Waals surface area contributed by atoms with Gasteiger partial charge < -0.3 is 10.6 Å². The van der Waals surface area contributed by atoms with Crippen LogP contribution < -0.4 is 10.6 Å². The molecule has 5 nitrogen and oxygen atoms in total. The van der Waals surface area contributed by atoms with Crippen molar-refractivity contribution in [3.8, 4) is 0 Å². The smallest absolute Gasteiger partial charge is 0.350 e. The number of carbonyl (C=O) groups excluding carboxylic acids is 2. The lowest BCUT2D eigenvalue weighted by molar-refractivity contribution is -0.139. The van der Waals surface area contributed by atoms with E-state index < -0.39 is 28.8 Å². The second-order valence-electron chi connectivity index (χ2n) is 8.23. The fourth-order valence-electron chi connectivity index (χ4n) is 3.62. The molecular formula is C24H24ClF3N2O3S. The van der Waals surface area contributed by atoms with E-state index in [1.54, 1.807) is 32.0 Å². The minimum atomic E-state index is -4.50. The number of halogens is 4. The van der Waals surface area contributed by atoms with E-state index in [2.05, 4.69) is 10.6 Å². The molecule has 2 aromatic rings. The van der Waals surface area contributed by atoms with Crippen molar-refractivity contribution in [2.24, 2.45) is 0 Å². The highest BCUT2D eigenvalue weighted by atomic mass is 35.5. The van der Waals surface area contributed by atoms with E-state index in [1.807, 2.05) is 0 Å². The van der Waals surface area contributed by atoms with Gasteiger partial charge in [-0.1, -0.05) is 42.0 Å². The first-order valence-electron chi connectivity index (χ1n) is 10.5. The molecule has 34 heavy (non-hydrogen) atoms. The van der Waals surface area contributed by atoms with Gasteiger partial charge in [0.2, 0.25) is 5.91 Å². The van der Waals surface area contributed by atoms with E-state index in [4.69, 9.17) is 11.6 Å². The van der Waals surface area contributed by atoms with Crippen LogP contribution in [0.1, 0.15) is 38.5 Å². The number of aryl methyl sites for hydroxylation is 2. The highest BCUT2D eigenvalue weighted by molar-refractivity contribution is 7.86. The number of hydrogen-bond acceptors (Lipinski definition) is 3. The van der Waals surface area contributed by atoms with Crippen molar-refractivity contribution >= 4 is 40.3 Å². The molecule has 0 aliphatic carbocycles. The molecule has 182 valence electrons. The molecule has 0 radical (unpaired) electrons. The van der Waals surface area contributed by atoms with Crippen LogP contribution in [0.3, 0.4) is 0 Å². The van der Waals surface area contributed by atoms with E-state index in [0.717, 1.165) is 6.08 Å². The molecule has 1 aliphatic heterocycles. The number of benzene rings is 2. The van der Waals surface area contributed by atoms with Gasteiger partial charge in [0.15, 0.2) is 0 Å². The van der Waals surface area contributed by atoms with E-state index in [1.165, 1.54) is 24.3 Å². The lowest BCUT2D eigenvalue weighted by atomic mass is 9.95. The largest absolute Gasteiger partial charge is 0.399 e. The third-order valence-corrected chi connectivity index (χ3v) is 7.07. The maximum absolute atomic E-state index is 13.7. The van der Waals surface area contributed by atoms with Crippen LogP contribution in [0.4, 0.5) is 13.2 Å². The van der Waals surface area contributed by atoms with E-state index >= 15 is 0 Å². The van der Waals surface area contributed by atoms with Gasteiger partial charge in [0.1, 0.15) is 0 Å². The first kappa shape index (κ1) is 26.0. The zero-order valence-corrected chi connectivity index (χ0v) is 20.1. The number of rotatable bonds is 7. The van der Waals surface area contributed by atoms with Crippen molar-refractivity contribution in [1.29, 1.82) is 0 Å². The molecule has 2 N–H and O–H groups in total. The predicted molar refractivity (Wildman–Crippen MR) is 127 cm³/mol. The first-order chi connectivity index (χ1) is 15.9. The molecule has 1 fully saturated rings. The molecule has 0 aromatic heterocycles. The SMILES string of the molecule is Cc1cc(Cl)cc(C(/C=C/c2ccc(C(=O)NCC(=O)NC3CS(=O)C3)c(C)c2)C(F)(F)F)c1. The van der Waals surface area contributed by atoms with Crippen molar-refractivity contribution in [2.75, 3.05) is 18.1 Å². The first-order valence-corrected chi connectivity index (χ1v) is 12.3. The Kier molecular flexibility index (Phi) is 8.20. The molecule has 3 rings (SSSR count). The zero-order valence-electron chi connectivity index (χ0n) is 18.5. The summed E-state index contributed by atoms with van der Waals surface area (Å²) in [7, 11) is -0.885. The summed E-state index contributed by atoms with van der Waals surface area (Å²) in [4.78, 5) is 24.3. The summed E-state index contributed by atoms with van der Waals surface area (Å²) in [5, 5.41) is 5.44. The molecule has 1 atom stereocenters. The summed E-state index contributed by atoms with van der Waals surface area (Å²) in [5.74, 6) is -1.84. The monoisotopic (exact) mass is 512 g/mol. The fourth-order valence-corrected chi connectivity index (χ4v) is 4.89. The summed E-state index contributed by atoms with van der Waals surface area (Å²) >= 11 is 5.95. The summed E-state index contributed by atoms with van der Waals surface area (Å²) in [6.45, 7) is 3.12. The Balaban J connectivity index is 1.67. The highest BCUT2D eigenvalue weighted by Crippen LogP contribution is 2.37. The fraction of sp³-hybridized carbons (Fsp3) is 0.333. The van der Waals surface area contributed by atoms with Crippen LogP contribution in [0.5, 0.6) is 0 Å². The standard InChI is InChI=1S/C24H24ClF3N2O3S/c1-14-7-17(10-18(25)8-14)21(24(26,27)28)6-4-16-3-5-20(15(2)9-16)23(32)29-11-22(31)30-19-12-34(33)13-19/h3-10,19,21H,11-13H2,1-2H3,(H,29,32)(H,30,31)/b6-4+. The quantitative estimate of drug-likeness (QED) is 0.581. The Morgan fingerprint density at radius 2 is 1.88 bits per heavy atom. The van der Waals surface area contributed by atoms with Crippen LogP contribution in [-0.2, 0) is 15.6 Å². The summed E-state index contributed by atoms with van der Waals surface area (Å²) in [6, 6.07) is 8.86. The molecule has 0 bridgehead atoms. The lowest BCUT2D eigenvalue weighted by Gasteiger charge is -2.25. The molecule has 1 aliphatic rings. The lowest BCUT2D eigenvalue weighted by Crippen LogP contribution is -2.52. The predicted octanol–water partition coefficient (Wildman–Crippen LogP) is 4.29. The number of hydrogen-bond donors (Lipinski definition) is 2. The van der Waals surface area contributed by atoms with Gasteiger partial charge in [-0.3, -0.25) is 13.8 Å². The summed E-state index contributed by atoms with van der Waals surface area (Å²) in [6.07, 6.45) is -2.08. The van der Waals surface area contributed by atoms with E-state index in [-0.39, 0.29) is 29.1 Å². The Morgan fingerprint density at radius 1 is 1.18 bits per heavy atom. The minimum absolute atomic E-state index is 0.0490. The number of alkyl halides is 3. The zero-order chi connectivity index (χ0) is 25.0. The molecule has 2 aromatic carbocycles. The van der Waals surface area contributed by atoms with Crippen molar-refractivity contribution in [3.05, 3.63) is 75.3 Å². The molecule has 1 saturated heterocycles. The van der Waals surface area contributed by atoms with Gasteiger partial charge in [-0.05, 0) is 54.3 Å². The van der Waals surface area contributed by atoms with Crippen LogP contribution in [0.2, 0.25) is 5.02 Å². The summed E-state index contributed by atoms with van der Waals surface area (Å²) < 4.78 is 52.2. The number of nitrogens with one attached hydrogen (secondary N) is 2. The maximum atomic E-state index is 13.7. The second-order valence-corrected chi connectivity index (χ2v) is 10.2. The van der Waals surface area contributed by atoms with Gasteiger partial charge in [0.05, 0.1) is 18.5 Å². The van der Waals surface area contributed by atoms with Gasteiger partial charge in [-0.25, -0.2) is 0 Å². The molecule has 0 saturated carbocycles. The van der Waals surface area contributed by atoms with Crippen LogP contribution in [0.25, 0.3) is 6.08 Å². The number of carbonyl (C=O) groups is 2. The molecule has 1 unspecified atom stereocenters. The average Bonchev–Trinajstić information content (AvgIpc) is 2.69. The van der Waals surface area contributed by atoms with Crippen LogP contribution in [0.15, 0.2) is 42.5 Å². The normalized spacial score (nSPS) is 18.9. The van der Waals surface area contributed by atoms with Crippen LogP contribution in [0, 0.1) is 13.8 Å². The van der Waals surface area contributed by atoms with Crippen molar-refractivity contribution in [3.63, 3.8) is 0 Å². The Bertz CT molecular complexity index is 1120. The van der Waals surface area contributed by atoms with Crippen molar-refractivity contribution in [1.82, 2.24) is 10.6 Å². The third kappa shape index (κ3) is 6.93. The van der Waals surface area contributed by atoms with Crippen molar-refractivity contribution < 1.29 is 27.0 Å². The molecule has 1 heterocycles. The van der Waals surface area contributed by atoms with Gasteiger partial charge in [-0.15, -0.1) is 0 Å². The maximum Gasteiger partial charge on any atom is 0.399 e. The molecule has 10 heteroatoms. The average molecular weight is 513 g/mol. The number of allylic oxidation sites excluding steroid dienone is 1.